The second kappa shape index (κ2) is 6.37. The number of hydrogen-bond acceptors (Lipinski definition) is 5. The average Bonchev–Trinajstić information content (AvgIpc) is 3.09. The summed E-state index contributed by atoms with van der Waals surface area (Å²) in [6.45, 7) is 4.36. The van der Waals surface area contributed by atoms with E-state index in [-0.39, 0.29) is 5.91 Å². The zero-order valence-electron chi connectivity index (χ0n) is 13.3. The number of nitrogens with zero attached hydrogens (tertiary/aromatic N) is 3. The molecule has 0 aliphatic carbocycles. The Bertz CT molecular complexity index is 853. The number of benzene rings is 1. The number of imidazole rings is 1. The number of para-hydroxylation sites is 1. The quantitative estimate of drug-likeness (QED) is 0.781. The largest absolute Gasteiger partial charge is 0.496 e. The van der Waals surface area contributed by atoms with E-state index in [4.69, 9.17) is 4.74 Å². The van der Waals surface area contributed by atoms with Crippen LogP contribution in [0.4, 0.5) is 0 Å². The molecule has 6 nitrogen and oxygen atoms in total. The molecule has 0 radical (unpaired) electrons. The Morgan fingerprint density at radius 3 is 2.91 bits per heavy atom. The van der Waals surface area contributed by atoms with E-state index in [0.717, 1.165) is 27.8 Å². The van der Waals surface area contributed by atoms with Gasteiger partial charge in [0.15, 0.2) is 0 Å². The highest BCUT2D eigenvalue weighted by molar-refractivity contribution is 7.16. The molecule has 2 aromatic heterocycles. The van der Waals surface area contributed by atoms with Crippen molar-refractivity contribution in [1.82, 2.24) is 19.9 Å². The van der Waals surface area contributed by atoms with E-state index in [1.165, 1.54) is 0 Å². The molecule has 3 aromatic rings. The van der Waals surface area contributed by atoms with E-state index in [9.17, 15) is 4.79 Å². The fourth-order valence-corrected chi connectivity index (χ4v) is 3.27. The van der Waals surface area contributed by atoms with E-state index in [0.29, 0.717) is 17.9 Å². The van der Waals surface area contributed by atoms with Gasteiger partial charge in [0, 0.05) is 0 Å². The summed E-state index contributed by atoms with van der Waals surface area (Å²) in [7, 11) is 1.55. The molecule has 0 aliphatic rings. The van der Waals surface area contributed by atoms with E-state index in [2.05, 4.69) is 22.3 Å². The van der Waals surface area contributed by atoms with E-state index in [1.54, 1.807) is 30.6 Å². The summed E-state index contributed by atoms with van der Waals surface area (Å²) in [5.74, 6) is 0.379. The number of amides is 1. The average molecular weight is 330 g/mol. The molecule has 0 atom stereocenters. The summed E-state index contributed by atoms with van der Waals surface area (Å²) in [5.41, 5.74) is 2.30. The van der Waals surface area contributed by atoms with Crippen molar-refractivity contribution in [2.45, 2.75) is 26.8 Å². The lowest BCUT2D eigenvalue weighted by molar-refractivity contribution is 0.0947. The number of rotatable bonds is 5. The van der Waals surface area contributed by atoms with Gasteiger partial charge in [-0.15, -0.1) is 0 Å². The van der Waals surface area contributed by atoms with Crippen LogP contribution in [0.3, 0.4) is 0 Å². The molecule has 1 amide bonds. The molecule has 0 spiro atoms. The zero-order valence-corrected chi connectivity index (χ0v) is 14.1. The lowest BCUT2D eigenvalue weighted by Gasteiger charge is -2.09. The van der Waals surface area contributed by atoms with Crippen LogP contribution in [0.2, 0.25) is 0 Å². The van der Waals surface area contributed by atoms with Crippen LogP contribution in [0.25, 0.3) is 4.96 Å². The molecule has 23 heavy (non-hydrogen) atoms. The van der Waals surface area contributed by atoms with Gasteiger partial charge in [0.05, 0.1) is 30.6 Å². The molecule has 1 N–H and O–H groups in total. The van der Waals surface area contributed by atoms with Crippen LogP contribution in [0, 0.1) is 6.92 Å². The minimum Gasteiger partial charge on any atom is -0.496 e. The molecule has 2 heterocycles. The number of aromatic nitrogens is 3. The number of methoxy groups -OCH3 is 1. The maximum atomic E-state index is 12.4. The molecule has 0 unspecified atom stereocenters. The van der Waals surface area contributed by atoms with Gasteiger partial charge in [-0.2, -0.15) is 5.10 Å². The molecule has 0 bridgehead atoms. The summed E-state index contributed by atoms with van der Waals surface area (Å²) in [6.07, 6.45) is 0.875. The topological polar surface area (TPSA) is 68.5 Å². The van der Waals surface area contributed by atoms with Crippen molar-refractivity contribution in [2.24, 2.45) is 0 Å². The Morgan fingerprint density at radius 1 is 1.39 bits per heavy atom. The van der Waals surface area contributed by atoms with Gasteiger partial charge in [0.1, 0.15) is 10.8 Å². The lowest BCUT2D eigenvalue weighted by atomic mass is 10.2. The van der Waals surface area contributed by atoms with Gasteiger partial charge in [0.2, 0.25) is 4.96 Å². The first-order valence-electron chi connectivity index (χ1n) is 7.39. The van der Waals surface area contributed by atoms with Gasteiger partial charge in [0.25, 0.3) is 5.91 Å². The molecular formula is C16H18N4O2S. The lowest BCUT2D eigenvalue weighted by Crippen LogP contribution is -2.24. The standard InChI is InChI=1S/C16H18N4O2S/c1-4-14-19-20-12(10(2)18-16(20)23-14)9-17-15(21)11-7-5-6-8-13(11)22-3/h5-8H,4,9H2,1-3H3,(H,17,21). The maximum absolute atomic E-state index is 12.4. The minimum atomic E-state index is -0.178. The van der Waals surface area contributed by atoms with E-state index >= 15 is 0 Å². The number of hydrogen-bond donors (Lipinski definition) is 1. The van der Waals surface area contributed by atoms with Gasteiger partial charge in [-0.25, -0.2) is 9.50 Å². The summed E-state index contributed by atoms with van der Waals surface area (Å²) in [6, 6.07) is 7.16. The summed E-state index contributed by atoms with van der Waals surface area (Å²) < 4.78 is 7.05. The third kappa shape index (κ3) is 2.92. The molecule has 0 saturated carbocycles. The monoisotopic (exact) mass is 330 g/mol. The maximum Gasteiger partial charge on any atom is 0.255 e. The third-order valence-corrected chi connectivity index (χ3v) is 4.66. The van der Waals surface area contributed by atoms with Crippen molar-refractivity contribution < 1.29 is 9.53 Å². The Hall–Kier alpha value is -2.41. The number of carbonyl (C=O) groups excluding carboxylic acids is 1. The molecule has 3 rings (SSSR count). The highest BCUT2D eigenvalue weighted by Crippen LogP contribution is 2.20. The first-order valence-corrected chi connectivity index (χ1v) is 8.20. The van der Waals surface area contributed by atoms with Crippen molar-refractivity contribution in [3.8, 4) is 5.75 Å². The summed E-state index contributed by atoms with van der Waals surface area (Å²) in [4.78, 5) is 17.8. The van der Waals surface area contributed by atoms with Crippen molar-refractivity contribution >= 4 is 22.2 Å². The Kier molecular flexibility index (Phi) is 4.29. The minimum absolute atomic E-state index is 0.178. The number of ether oxygens (including phenoxy) is 1. The van der Waals surface area contributed by atoms with E-state index < -0.39 is 0 Å². The Labute approximate surface area is 138 Å². The first kappa shape index (κ1) is 15.5. The van der Waals surface area contributed by atoms with Gasteiger partial charge >= 0.3 is 0 Å². The van der Waals surface area contributed by atoms with Crippen molar-refractivity contribution in [2.75, 3.05) is 7.11 Å². The number of aryl methyl sites for hydroxylation is 2. The Balaban J connectivity index is 1.81. The zero-order chi connectivity index (χ0) is 16.4. The van der Waals surface area contributed by atoms with Gasteiger partial charge < -0.3 is 10.1 Å². The molecule has 7 heteroatoms. The second-order valence-corrected chi connectivity index (χ2v) is 6.11. The Morgan fingerprint density at radius 2 is 2.17 bits per heavy atom. The van der Waals surface area contributed by atoms with Crippen LogP contribution in [0.15, 0.2) is 24.3 Å². The summed E-state index contributed by atoms with van der Waals surface area (Å²) in [5, 5.41) is 8.49. The fraction of sp³-hybridized carbons (Fsp3) is 0.312. The van der Waals surface area contributed by atoms with Crippen LogP contribution in [0.1, 0.15) is 33.7 Å². The van der Waals surface area contributed by atoms with Crippen LogP contribution in [0.5, 0.6) is 5.75 Å². The smallest absolute Gasteiger partial charge is 0.255 e. The first-order chi connectivity index (χ1) is 11.1. The van der Waals surface area contributed by atoms with Crippen molar-refractivity contribution in [3.05, 3.63) is 46.2 Å². The van der Waals surface area contributed by atoms with Crippen molar-refractivity contribution in [1.29, 1.82) is 0 Å². The van der Waals surface area contributed by atoms with Crippen LogP contribution < -0.4 is 10.1 Å². The summed E-state index contributed by atoms with van der Waals surface area (Å²) >= 11 is 1.58. The second-order valence-electron chi connectivity index (χ2n) is 5.07. The fourth-order valence-electron chi connectivity index (χ4n) is 2.37. The molecule has 1 aromatic carbocycles. The molecule has 0 fully saturated rings. The normalized spacial score (nSPS) is 10.9. The predicted octanol–water partition coefficient (Wildman–Crippen LogP) is 2.60. The number of fused-ring (bicyclic) bond motifs is 1. The highest BCUT2D eigenvalue weighted by Gasteiger charge is 2.16. The highest BCUT2D eigenvalue weighted by atomic mass is 32.1. The van der Waals surface area contributed by atoms with Gasteiger partial charge in [-0.05, 0) is 25.5 Å². The molecule has 0 saturated heterocycles. The molecular weight excluding hydrogens is 312 g/mol. The van der Waals surface area contributed by atoms with Gasteiger partial charge in [-0.3, -0.25) is 4.79 Å². The molecule has 0 aliphatic heterocycles. The van der Waals surface area contributed by atoms with Crippen LogP contribution in [-0.2, 0) is 13.0 Å². The molecule has 120 valence electrons. The number of carbonyl (C=O) groups is 1. The predicted molar refractivity (Wildman–Crippen MR) is 89.1 cm³/mol. The number of nitrogens with one attached hydrogen (secondary N) is 1. The van der Waals surface area contributed by atoms with Crippen molar-refractivity contribution in [3.63, 3.8) is 0 Å². The SMILES string of the molecule is CCc1nn2c(CNC(=O)c3ccccc3OC)c(C)nc2s1. The third-order valence-electron chi connectivity index (χ3n) is 3.61. The van der Waals surface area contributed by atoms with Crippen LogP contribution >= 0.6 is 11.3 Å². The van der Waals surface area contributed by atoms with E-state index in [1.807, 2.05) is 23.6 Å². The van der Waals surface area contributed by atoms with Gasteiger partial charge in [-0.1, -0.05) is 30.4 Å². The van der Waals surface area contributed by atoms with Crippen LogP contribution in [-0.4, -0.2) is 27.6 Å².